The van der Waals surface area contributed by atoms with Gasteiger partial charge in [-0.1, -0.05) is 13.8 Å². The van der Waals surface area contributed by atoms with E-state index in [-0.39, 0.29) is 17.5 Å². The minimum absolute atomic E-state index is 0.0341. The summed E-state index contributed by atoms with van der Waals surface area (Å²) in [4.78, 5) is 31.0. The molecule has 112 valence electrons. The van der Waals surface area contributed by atoms with Crippen LogP contribution in [0, 0.1) is 6.92 Å². The summed E-state index contributed by atoms with van der Waals surface area (Å²) in [6, 6.07) is -0.217. The summed E-state index contributed by atoms with van der Waals surface area (Å²) in [5, 5.41) is 12.0. The van der Waals surface area contributed by atoms with Crippen LogP contribution in [0.2, 0.25) is 0 Å². The van der Waals surface area contributed by atoms with Gasteiger partial charge in [0, 0.05) is 12.0 Å². The summed E-state index contributed by atoms with van der Waals surface area (Å²) >= 11 is 0. The first kappa shape index (κ1) is 16.4. The molecule has 0 aromatic carbocycles. The highest BCUT2D eigenvalue weighted by Crippen LogP contribution is 2.09. The van der Waals surface area contributed by atoms with Crippen LogP contribution in [0.15, 0.2) is 4.79 Å². The summed E-state index contributed by atoms with van der Waals surface area (Å²) in [6.45, 7) is 8.92. The molecule has 1 heterocycles. The molecular formula is C14H23N3O3. The Balaban J connectivity index is 2.97. The molecule has 0 aliphatic carbocycles. The fourth-order valence-electron chi connectivity index (χ4n) is 2.02. The van der Waals surface area contributed by atoms with Crippen molar-refractivity contribution in [3.05, 3.63) is 27.4 Å². The number of amides is 1. The van der Waals surface area contributed by atoms with Gasteiger partial charge in [-0.15, -0.1) is 0 Å². The zero-order valence-electron chi connectivity index (χ0n) is 12.7. The molecule has 3 N–H and O–H groups in total. The van der Waals surface area contributed by atoms with E-state index in [0.717, 1.165) is 0 Å². The molecule has 0 saturated heterocycles. The van der Waals surface area contributed by atoms with Crippen LogP contribution < -0.4 is 10.9 Å². The maximum absolute atomic E-state index is 12.1. The van der Waals surface area contributed by atoms with E-state index >= 15 is 0 Å². The minimum atomic E-state index is -0.508. The van der Waals surface area contributed by atoms with Crippen molar-refractivity contribution in [1.82, 2.24) is 15.3 Å². The van der Waals surface area contributed by atoms with Crippen LogP contribution in [0.5, 0.6) is 0 Å². The van der Waals surface area contributed by atoms with Gasteiger partial charge in [-0.25, -0.2) is 4.98 Å². The number of hydrogen-bond donors (Lipinski definition) is 3. The van der Waals surface area contributed by atoms with E-state index in [1.54, 1.807) is 20.8 Å². The minimum Gasteiger partial charge on any atom is -0.393 e. The van der Waals surface area contributed by atoms with Crippen LogP contribution in [-0.2, 0) is 0 Å². The van der Waals surface area contributed by atoms with Crippen LogP contribution in [0.4, 0.5) is 0 Å². The molecule has 6 heteroatoms. The van der Waals surface area contributed by atoms with Crippen molar-refractivity contribution in [2.45, 2.75) is 59.1 Å². The fraction of sp³-hybridized carbons (Fsp3) is 0.643. The second kappa shape index (κ2) is 6.65. The number of hydrogen-bond acceptors (Lipinski definition) is 4. The van der Waals surface area contributed by atoms with Gasteiger partial charge >= 0.3 is 0 Å². The molecular weight excluding hydrogens is 258 g/mol. The highest BCUT2D eigenvalue weighted by atomic mass is 16.3. The van der Waals surface area contributed by atoms with Crippen LogP contribution >= 0.6 is 0 Å². The van der Waals surface area contributed by atoms with Crippen molar-refractivity contribution in [2.24, 2.45) is 0 Å². The number of nitrogens with zero attached hydrogens (tertiary/aromatic N) is 1. The smallest absolute Gasteiger partial charge is 0.264 e. The molecule has 0 aliphatic heterocycles. The number of aliphatic hydroxyl groups is 1. The van der Waals surface area contributed by atoms with Crippen LogP contribution in [0.25, 0.3) is 0 Å². The van der Waals surface area contributed by atoms with Gasteiger partial charge in [-0.3, -0.25) is 9.59 Å². The Bertz CT molecular complexity index is 535. The number of carbonyl (C=O) groups is 1. The molecule has 6 nitrogen and oxygen atoms in total. The lowest BCUT2D eigenvalue weighted by atomic mass is 10.1. The Kier molecular flexibility index (Phi) is 5.44. The molecule has 20 heavy (non-hydrogen) atoms. The fourth-order valence-corrected chi connectivity index (χ4v) is 2.02. The third-order valence-corrected chi connectivity index (χ3v) is 2.96. The Morgan fingerprint density at radius 1 is 1.35 bits per heavy atom. The molecule has 0 radical (unpaired) electrons. The number of nitrogens with one attached hydrogen (secondary N) is 2. The average Bonchev–Trinajstić information content (AvgIpc) is 2.25. The highest BCUT2D eigenvalue weighted by molar-refractivity contribution is 5.94. The topological polar surface area (TPSA) is 95.1 Å². The second-order valence-electron chi connectivity index (χ2n) is 5.53. The van der Waals surface area contributed by atoms with Gasteiger partial charge in [-0.05, 0) is 27.2 Å². The van der Waals surface area contributed by atoms with E-state index in [2.05, 4.69) is 15.3 Å². The quantitative estimate of drug-likeness (QED) is 0.753. The molecule has 0 bridgehead atoms. The number of carbonyl (C=O) groups excluding carboxylic acids is 1. The van der Waals surface area contributed by atoms with Gasteiger partial charge in [-0.2, -0.15) is 0 Å². The lowest BCUT2D eigenvalue weighted by Crippen LogP contribution is -2.38. The normalized spacial score (nSPS) is 14.2. The van der Waals surface area contributed by atoms with Crippen molar-refractivity contribution in [2.75, 3.05) is 0 Å². The summed E-state index contributed by atoms with van der Waals surface area (Å²) in [7, 11) is 0. The van der Waals surface area contributed by atoms with E-state index in [1.807, 2.05) is 13.8 Å². The highest BCUT2D eigenvalue weighted by Gasteiger charge is 2.19. The monoisotopic (exact) mass is 281 g/mol. The van der Waals surface area contributed by atoms with Gasteiger partial charge in [0.05, 0.1) is 11.8 Å². The standard InChI is InChI=1S/C14H23N3O3/c1-7(2)12-16-10(5)11(14(20)17-12)13(19)15-8(3)6-9(4)18/h7-9,18H,6H2,1-5H3,(H,15,19)(H,16,17,20). The summed E-state index contributed by atoms with van der Waals surface area (Å²) in [5.41, 5.74) is 0.0222. The molecule has 1 amide bonds. The first-order valence-electron chi connectivity index (χ1n) is 6.82. The summed E-state index contributed by atoms with van der Waals surface area (Å²) in [5.74, 6) is 0.202. The van der Waals surface area contributed by atoms with E-state index in [0.29, 0.717) is 17.9 Å². The van der Waals surface area contributed by atoms with Crippen molar-refractivity contribution in [3.8, 4) is 0 Å². The maximum Gasteiger partial charge on any atom is 0.264 e. The molecule has 2 unspecified atom stereocenters. The predicted octanol–water partition coefficient (Wildman–Crippen LogP) is 1.09. The molecule has 1 aromatic rings. The van der Waals surface area contributed by atoms with E-state index in [1.165, 1.54) is 0 Å². The van der Waals surface area contributed by atoms with E-state index < -0.39 is 17.6 Å². The number of aromatic nitrogens is 2. The zero-order valence-corrected chi connectivity index (χ0v) is 12.7. The van der Waals surface area contributed by atoms with Gasteiger partial charge in [0.2, 0.25) is 0 Å². The SMILES string of the molecule is Cc1nc(C(C)C)[nH]c(=O)c1C(=O)NC(C)CC(C)O. The maximum atomic E-state index is 12.1. The lowest BCUT2D eigenvalue weighted by Gasteiger charge is -2.16. The van der Waals surface area contributed by atoms with Gasteiger partial charge in [0.25, 0.3) is 11.5 Å². The third kappa shape index (κ3) is 4.16. The molecule has 1 rings (SSSR count). The molecule has 0 spiro atoms. The number of rotatable bonds is 5. The zero-order chi connectivity index (χ0) is 15.4. The molecule has 0 fully saturated rings. The molecule has 0 aliphatic rings. The first-order valence-corrected chi connectivity index (χ1v) is 6.82. The Morgan fingerprint density at radius 3 is 2.40 bits per heavy atom. The molecule has 2 atom stereocenters. The first-order chi connectivity index (χ1) is 9.22. The second-order valence-corrected chi connectivity index (χ2v) is 5.53. The number of H-pyrrole nitrogens is 1. The number of aromatic amines is 1. The predicted molar refractivity (Wildman–Crippen MR) is 76.9 cm³/mol. The van der Waals surface area contributed by atoms with Crippen molar-refractivity contribution >= 4 is 5.91 Å². The molecule has 1 aromatic heterocycles. The van der Waals surface area contributed by atoms with Crippen molar-refractivity contribution < 1.29 is 9.90 Å². The van der Waals surface area contributed by atoms with E-state index in [9.17, 15) is 14.7 Å². The van der Waals surface area contributed by atoms with Gasteiger partial charge in [0.15, 0.2) is 0 Å². The van der Waals surface area contributed by atoms with Crippen molar-refractivity contribution in [3.63, 3.8) is 0 Å². The van der Waals surface area contributed by atoms with E-state index in [4.69, 9.17) is 0 Å². The largest absolute Gasteiger partial charge is 0.393 e. The van der Waals surface area contributed by atoms with Crippen LogP contribution in [0.1, 0.15) is 61.9 Å². The third-order valence-electron chi connectivity index (χ3n) is 2.96. The van der Waals surface area contributed by atoms with Crippen molar-refractivity contribution in [1.29, 1.82) is 0 Å². The van der Waals surface area contributed by atoms with Gasteiger partial charge in [0.1, 0.15) is 11.4 Å². The average molecular weight is 281 g/mol. The Morgan fingerprint density at radius 2 is 1.95 bits per heavy atom. The number of aliphatic hydroxyl groups excluding tert-OH is 1. The van der Waals surface area contributed by atoms with Gasteiger partial charge < -0.3 is 15.4 Å². The van der Waals surface area contributed by atoms with Crippen LogP contribution in [-0.4, -0.2) is 33.1 Å². The lowest BCUT2D eigenvalue weighted by molar-refractivity contribution is 0.0920. The Labute approximate surface area is 118 Å². The number of aryl methyl sites for hydroxylation is 1. The Hall–Kier alpha value is -1.69. The van der Waals surface area contributed by atoms with Crippen LogP contribution in [0.3, 0.4) is 0 Å². The summed E-state index contributed by atoms with van der Waals surface area (Å²) < 4.78 is 0. The molecule has 0 saturated carbocycles. The summed E-state index contributed by atoms with van der Waals surface area (Å²) in [6.07, 6.45) is -0.0775.